The van der Waals surface area contributed by atoms with E-state index in [0.717, 1.165) is 6.42 Å². The van der Waals surface area contributed by atoms with Crippen molar-refractivity contribution >= 4 is 5.97 Å². The second kappa shape index (κ2) is 5.50. The molecule has 0 aliphatic heterocycles. The second-order valence-electron chi connectivity index (χ2n) is 5.13. The number of rotatable bonds is 4. The lowest BCUT2D eigenvalue weighted by atomic mass is 10.1. The van der Waals surface area contributed by atoms with Crippen LogP contribution in [-0.4, -0.2) is 35.6 Å². The fourth-order valence-corrected chi connectivity index (χ4v) is 1.22. The summed E-state index contributed by atoms with van der Waals surface area (Å²) in [6, 6.07) is 0.215. The van der Waals surface area contributed by atoms with Gasteiger partial charge in [0.15, 0.2) is 0 Å². The third kappa shape index (κ3) is 5.17. The Bertz CT molecular complexity index is 208. The Morgan fingerprint density at radius 3 is 2.13 bits per heavy atom. The zero-order valence-corrected chi connectivity index (χ0v) is 11.1. The van der Waals surface area contributed by atoms with E-state index in [-0.39, 0.29) is 12.0 Å². The topological polar surface area (TPSA) is 29.5 Å². The highest BCUT2D eigenvalue weighted by Crippen LogP contribution is 2.12. The number of carbonyl (C=O) groups is 1. The van der Waals surface area contributed by atoms with E-state index >= 15 is 0 Å². The number of carbonyl (C=O) groups excluding carboxylic acids is 1. The van der Waals surface area contributed by atoms with Crippen molar-refractivity contribution in [3.8, 4) is 0 Å². The van der Waals surface area contributed by atoms with Crippen LogP contribution in [0.15, 0.2) is 0 Å². The smallest absolute Gasteiger partial charge is 0.323 e. The molecule has 0 heterocycles. The number of ether oxygens (including phenoxy) is 1. The van der Waals surface area contributed by atoms with Crippen molar-refractivity contribution in [1.82, 2.24) is 4.90 Å². The van der Waals surface area contributed by atoms with Gasteiger partial charge in [0.25, 0.3) is 0 Å². The lowest BCUT2D eigenvalue weighted by Crippen LogP contribution is -2.44. The third-order valence-electron chi connectivity index (χ3n) is 2.64. The van der Waals surface area contributed by atoms with Crippen LogP contribution in [0.2, 0.25) is 0 Å². The third-order valence-corrected chi connectivity index (χ3v) is 2.64. The zero-order chi connectivity index (χ0) is 12.2. The van der Waals surface area contributed by atoms with Crippen LogP contribution in [0.3, 0.4) is 0 Å². The molecule has 0 aromatic heterocycles. The quantitative estimate of drug-likeness (QED) is 0.675. The van der Waals surface area contributed by atoms with Gasteiger partial charge in [-0.2, -0.15) is 0 Å². The van der Waals surface area contributed by atoms with Gasteiger partial charge in [-0.3, -0.25) is 9.69 Å². The van der Waals surface area contributed by atoms with Gasteiger partial charge >= 0.3 is 5.97 Å². The predicted octanol–water partition coefficient (Wildman–Crippen LogP) is 2.45. The van der Waals surface area contributed by atoms with E-state index in [1.54, 1.807) is 0 Å². The highest BCUT2D eigenvalue weighted by Gasteiger charge is 2.26. The molecule has 0 N–H and O–H groups in total. The fraction of sp³-hybridized carbons (Fsp3) is 0.917. The monoisotopic (exact) mass is 215 g/mol. The van der Waals surface area contributed by atoms with E-state index in [2.05, 4.69) is 13.8 Å². The lowest BCUT2D eigenvalue weighted by Gasteiger charge is -2.31. The Morgan fingerprint density at radius 1 is 1.33 bits per heavy atom. The molecule has 0 aliphatic carbocycles. The van der Waals surface area contributed by atoms with E-state index in [4.69, 9.17) is 4.74 Å². The summed E-state index contributed by atoms with van der Waals surface area (Å²) >= 11 is 0. The van der Waals surface area contributed by atoms with E-state index in [0.29, 0.717) is 6.04 Å². The Hall–Kier alpha value is -0.570. The van der Waals surface area contributed by atoms with Gasteiger partial charge in [-0.1, -0.05) is 6.92 Å². The van der Waals surface area contributed by atoms with Gasteiger partial charge in [0.05, 0.1) is 0 Å². The normalized spacial score (nSPS) is 16.3. The summed E-state index contributed by atoms with van der Waals surface area (Å²) in [7, 11) is 1.96. The summed E-state index contributed by atoms with van der Waals surface area (Å²) in [5.41, 5.74) is -0.401. The van der Waals surface area contributed by atoms with Crippen LogP contribution < -0.4 is 0 Å². The first-order valence-electron chi connectivity index (χ1n) is 5.63. The van der Waals surface area contributed by atoms with Crippen molar-refractivity contribution in [2.75, 3.05) is 7.05 Å². The number of nitrogens with zero attached hydrogens (tertiary/aromatic N) is 1. The molecule has 0 radical (unpaired) electrons. The minimum Gasteiger partial charge on any atom is -0.459 e. The maximum Gasteiger partial charge on any atom is 0.323 e. The summed E-state index contributed by atoms with van der Waals surface area (Å²) < 4.78 is 5.33. The maximum atomic E-state index is 11.8. The molecule has 0 amide bonds. The van der Waals surface area contributed by atoms with Crippen LogP contribution in [0.4, 0.5) is 0 Å². The van der Waals surface area contributed by atoms with Crippen LogP contribution in [0.5, 0.6) is 0 Å². The number of hydrogen-bond donors (Lipinski definition) is 0. The molecule has 0 saturated heterocycles. The molecule has 0 aromatic carbocycles. The van der Waals surface area contributed by atoms with Crippen molar-refractivity contribution in [2.45, 2.75) is 65.6 Å². The Labute approximate surface area is 93.8 Å². The number of esters is 1. The molecule has 15 heavy (non-hydrogen) atoms. The molecule has 2 unspecified atom stereocenters. The average Bonchev–Trinajstić information content (AvgIpc) is 2.11. The van der Waals surface area contributed by atoms with E-state index in [1.165, 1.54) is 0 Å². The Morgan fingerprint density at radius 2 is 1.80 bits per heavy atom. The van der Waals surface area contributed by atoms with Crippen molar-refractivity contribution in [2.24, 2.45) is 0 Å². The molecular weight excluding hydrogens is 190 g/mol. The van der Waals surface area contributed by atoms with Crippen molar-refractivity contribution in [1.29, 1.82) is 0 Å². The molecule has 0 saturated carbocycles. The van der Waals surface area contributed by atoms with Crippen LogP contribution in [-0.2, 0) is 9.53 Å². The summed E-state index contributed by atoms with van der Waals surface area (Å²) in [5, 5.41) is 0. The highest BCUT2D eigenvalue weighted by molar-refractivity contribution is 5.75. The number of likely N-dealkylation sites (N-methyl/N-ethyl adjacent to an activating group) is 1. The molecule has 90 valence electrons. The molecule has 0 aliphatic rings. The van der Waals surface area contributed by atoms with E-state index in [9.17, 15) is 4.79 Å². The predicted molar refractivity (Wildman–Crippen MR) is 62.8 cm³/mol. The fourth-order valence-electron chi connectivity index (χ4n) is 1.22. The standard InChI is InChI=1S/C12H25NO2/c1-8-9(2)13(7)10(3)11(14)15-12(4,5)6/h9-10H,8H2,1-7H3. The van der Waals surface area contributed by atoms with Crippen LogP contribution in [0.25, 0.3) is 0 Å². The minimum atomic E-state index is -0.401. The maximum absolute atomic E-state index is 11.8. The number of hydrogen-bond acceptors (Lipinski definition) is 3. The molecule has 0 aromatic rings. The first-order valence-corrected chi connectivity index (χ1v) is 5.63. The van der Waals surface area contributed by atoms with Gasteiger partial charge in [-0.05, 0) is 48.1 Å². The van der Waals surface area contributed by atoms with E-state index in [1.807, 2.05) is 39.6 Å². The largest absolute Gasteiger partial charge is 0.459 e. The molecule has 0 fully saturated rings. The highest BCUT2D eigenvalue weighted by atomic mass is 16.6. The average molecular weight is 215 g/mol. The van der Waals surface area contributed by atoms with E-state index < -0.39 is 5.60 Å². The Kier molecular flexibility index (Phi) is 5.29. The van der Waals surface area contributed by atoms with Gasteiger partial charge in [-0.25, -0.2) is 0 Å². The molecule has 0 bridgehead atoms. The molecule has 0 rings (SSSR count). The first-order chi connectivity index (χ1) is 6.69. The van der Waals surface area contributed by atoms with Gasteiger partial charge in [0.1, 0.15) is 11.6 Å². The molecule has 2 atom stereocenters. The Balaban J connectivity index is 4.32. The lowest BCUT2D eigenvalue weighted by molar-refractivity contribution is -0.161. The minimum absolute atomic E-state index is 0.148. The zero-order valence-electron chi connectivity index (χ0n) is 11.1. The van der Waals surface area contributed by atoms with Gasteiger partial charge in [0.2, 0.25) is 0 Å². The summed E-state index contributed by atoms with van der Waals surface area (Å²) in [5.74, 6) is -0.148. The summed E-state index contributed by atoms with van der Waals surface area (Å²) in [6.07, 6.45) is 1.03. The molecule has 0 spiro atoms. The summed E-state index contributed by atoms with van der Waals surface area (Å²) in [4.78, 5) is 13.8. The molecule has 3 nitrogen and oxygen atoms in total. The van der Waals surface area contributed by atoms with Gasteiger partial charge in [-0.15, -0.1) is 0 Å². The molecule has 3 heteroatoms. The van der Waals surface area contributed by atoms with Crippen molar-refractivity contribution in [3.63, 3.8) is 0 Å². The van der Waals surface area contributed by atoms with Crippen LogP contribution in [0.1, 0.15) is 48.0 Å². The summed E-state index contributed by atoms with van der Waals surface area (Å²) in [6.45, 7) is 11.8. The van der Waals surface area contributed by atoms with Crippen LogP contribution >= 0.6 is 0 Å². The van der Waals surface area contributed by atoms with Gasteiger partial charge < -0.3 is 4.74 Å². The SMILES string of the molecule is CCC(C)N(C)C(C)C(=O)OC(C)(C)C. The first kappa shape index (κ1) is 14.4. The second-order valence-corrected chi connectivity index (χ2v) is 5.13. The van der Waals surface area contributed by atoms with Crippen LogP contribution in [0, 0.1) is 0 Å². The van der Waals surface area contributed by atoms with Gasteiger partial charge in [0, 0.05) is 6.04 Å². The van der Waals surface area contributed by atoms with Crippen molar-refractivity contribution < 1.29 is 9.53 Å². The van der Waals surface area contributed by atoms with Crippen molar-refractivity contribution in [3.05, 3.63) is 0 Å². The molecular formula is C12H25NO2.